The maximum absolute atomic E-state index is 12.4. The zero-order chi connectivity index (χ0) is 17.1. The average Bonchev–Trinajstić information content (AvgIpc) is 2.61. The maximum atomic E-state index is 12.4. The summed E-state index contributed by atoms with van der Waals surface area (Å²) in [6, 6.07) is 6.52. The number of rotatable bonds is 4. The fourth-order valence-electron chi connectivity index (χ4n) is 2.93. The summed E-state index contributed by atoms with van der Waals surface area (Å²) in [6.07, 6.45) is 0.671. The highest BCUT2D eigenvalue weighted by Crippen LogP contribution is 2.10. The van der Waals surface area contributed by atoms with Gasteiger partial charge in [0.15, 0.2) is 0 Å². The monoisotopic (exact) mass is 329 g/mol. The zero-order valence-corrected chi connectivity index (χ0v) is 13.4. The molecule has 2 heterocycles. The van der Waals surface area contributed by atoms with E-state index in [2.05, 4.69) is 15.6 Å². The van der Waals surface area contributed by atoms with Gasteiger partial charge in [0.05, 0.1) is 11.9 Å². The smallest absolute Gasteiger partial charge is 0.277 e. The molecule has 3 rings (SSSR count). The predicted octanol–water partition coefficient (Wildman–Crippen LogP) is -0.0814. The van der Waals surface area contributed by atoms with Crippen molar-refractivity contribution in [1.82, 2.24) is 25.2 Å². The quantitative estimate of drug-likeness (QED) is 0.846. The lowest BCUT2D eigenvalue weighted by molar-refractivity contribution is -0.143. The second-order valence-electron chi connectivity index (χ2n) is 5.69. The van der Waals surface area contributed by atoms with Crippen LogP contribution in [-0.4, -0.2) is 50.8 Å². The van der Waals surface area contributed by atoms with Gasteiger partial charge in [0, 0.05) is 19.5 Å². The van der Waals surface area contributed by atoms with Crippen molar-refractivity contribution >= 4 is 22.7 Å². The molecule has 1 unspecified atom stereocenters. The molecule has 1 saturated heterocycles. The van der Waals surface area contributed by atoms with Crippen molar-refractivity contribution in [3.8, 4) is 0 Å². The van der Waals surface area contributed by atoms with E-state index in [9.17, 15) is 14.4 Å². The van der Waals surface area contributed by atoms with Gasteiger partial charge in [-0.3, -0.25) is 14.4 Å². The van der Waals surface area contributed by atoms with Crippen LogP contribution in [-0.2, 0) is 16.1 Å². The van der Waals surface area contributed by atoms with E-state index in [1.165, 1.54) is 4.68 Å². The molecule has 1 aromatic heterocycles. The summed E-state index contributed by atoms with van der Waals surface area (Å²) in [5.41, 5.74) is 0.264. The van der Waals surface area contributed by atoms with E-state index in [4.69, 9.17) is 0 Å². The van der Waals surface area contributed by atoms with Gasteiger partial charge in [-0.2, -0.15) is 0 Å². The molecule has 0 spiro atoms. The maximum Gasteiger partial charge on any atom is 0.277 e. The van der Waals surface area contributed by atoms with Crippen LogP contribution >= 0.6 is 0 Å². The minimum Gasteiger partial charge on any atom is -0.353 e. The van der Waals surface area contributed by atoms with Crippen LogP contribution in [0.3, 0.4) is 0 Å². The third-order valence-electron chi connectivity index (χ3n) is 4.20. The summed E-state index contributed by atoms with van der Waals surface area (Å²) < 4.78 is 1.20. The molecule has 8 heteroatoms. The Balaban J connectivity index is 1.73. The fourth-order valence-corrected chi connectivity index (χ4v) is 2.93. The molecule has 1 fully saturated rings. The molecule has 0 bridgehead atoms. The van der Waals surface area contributed by atoms with Crippen molar-refractivity contribution in [2.75, 3.05) is 13.1 Å². The van der Waals surface area contributed by atoms with E-state index >= 15 is 0 Å². The number of aryl methyl sites for hydroxylation is 1. The number of benzene rings is 1. The number of amides is 2. The largest absolute Gasteiger partial charge is 0.353 e. The molecule has 126 valence electrons. The second-order valence-corrected chi connectivity index (χ2v) is 5.69. The number of hydrogen-bond acceptors (Lipinski definition) is 5. The van der Waals surface area contributed by atoms with Gasteiger partial charge in [-0.1, -0.05) is 24.3 Å². The van der Waals surface area contributed by atoms with Crippen molar-refractivity contribution in [2.45, 2.75) is 32.4 Å². The number of nitrogens with one attached hydrogen (secondary N) is 1. The average molecular weight is 329 g/mol. The minimum absolute atomic E-state index is 0.108. The lowest BCUT2D eigenvalue weighted by atomic mass is 10.1. The van der Waals surface area contributed by atoms with Crippen LogP contribution in [0.25, 0.3) is 10.9 Å². The molecule has 1 N–H and O–H groups in total. The normalized spacial score (nSPS) is 17.8. The molecule has 1 aliphatic heterocycles. The van der Waals surface area contributed by atoms with Gasteiger partial charge in [-0.15, -0.1) is 5.10 Å². The first-order valence-electron chi connectivity index (χ1n) is 8.01. The molecule has 0 radical (unpaired) electrons. The van der Waals surface area contributed by atoms with Gasteiger partial charge < -0.3 is 10.2 Å². The predicted molar refractivity (Wildman–Crippen MR) is 87.2 cm³/mol. The first-order chi connectivity index (χ1) is 11.6. The fraction of sp³-hybridized carbons (Fsp3) is 0.438. The first kappa shape index (κ1) is 16.1. The van der Waals surface area contributed by atoms with E-state index in [-0.39, 0.29) is 30.3 Å². The molecular weight excluding hydrogens is 310 g/mol. The highest BCUT2D eigenvalue weighted by Gasteiger charge is 2.31. The summed E-state index contributed by atoms with van der Waals surface area (Å²) >= 11 is 0. The molecule has 2 aromatic rings. The Labute approximate surface area is 138 Å². The molecule has 8 nitrogen and oxygen atoms in total. The molecule has 1 aromatic carbocycles. The molecule has 24 heavy (non-hydrogen) atoms. The Morgan fingerprint density at radius 3 is 2.92 bits per heavy atom. The van der Waals surface area contributed by atoms with Crippen LogP contribution in [0.1, 0.15) is 19.8 Å². The van der Waals surface area contributed by atoms with Crippen LogP contribution in [0, 0.1) is 0 Å². The Morgan fingerprint density at radius 2 is 2.12 bits per heavy atom. The van der Waals surface area contributed by atoms with E-state index in [1.807, 2.05) is 6.92 Å². The number of fused-ring (bicyclic) bond motifs is 1. The molecule has 0 aliphatic carbocycles. The van der Waals surface area contributed by atoms with Crippen molar-refractivity contribution in [2.24, 2.45) is 0 Å². The van der Waals surface area contributed by atoms with Gasteiger partial charge in [0.1, 0.15) is 11.6 Å². The van der Waals surface area contributed by atoms with Crippen LogP contribution < -0.4 is 10.9 Å². The minimum atomic E-state index is -0.439. The van der Waals surface area contributed by atoms with Crippen molar-refractivity contribution in [1.29, 1.82) is 0 Å². The number of nitrogens with zero attached hydrogens (tertiary/aromatic N) is 4. The first-order valence-corrected chi connectivity index (χ1v) is 8.01. The Morgan fingerprint density at radius 1 is 1.33 bits per heavy atom. The SMILES string of the molecule is CCC1C(=O)NCCN1C(=O)CCn1nnc2ccccc2c1=O. The summed E-state index contributed by atoms with van der Waals surface area (Å²) in [4.78, 5) is 38.2. The number of hydrogen-bond donors (Lipinski definition) is 1. The van der Waals surface area contributed by atoms with E-state index < -0.39 is 6.04 Å². The van der Waals surface area contributed by atoms with Crippen LogP contribution in [0.2, 0.25) is 0 Å². The molecule has 1 atom stereocenters. The van der Waals surface area contributed by atoms with Gasteiger partial charge in [0.25, 0.3) is 5.56 Å². The van der Waals surface area contributed by atoms with E-state index in [1.54, 1.807) is 29.2 Å². The number of carbonyl (C=O) groups is 2. The third kappa shape index (κ3) is 2.99. The summed E-state index contributed by atoms with van der Waals surface area (Å²) in [5, 5.41) is 11.1. The summed E-state index contributed by atoms with van der Waals surface area (Å²) in [6.45, 7) is 2.96. The van der Waals surface area contributed by atoms with E-state index in [0.29, 0.717) is 30.4 Å². The zero-order valence-electron chi connectivity index (χ0n) is 13.4. The third-order valence-corrected chi connectivity index (χ3v) is 4.20. The number of piperazine rings is 1. The van der Waals surface area contributed by atoms with Gasteiger partial charge in [-0.25, -0.2) is 4.68 Å². The second kappa shape index (κ2) is 6.77. The van der Waals surface area contributed by atoms with Gasteiger partial charge in [-0.05, 0) is 18.6 Å². The molecule has 2 amide bonds. The number of carbonyl (C=O) groups excluding carboxylic acids is 2. The number of aromatic nitrogens is 3. The summed E-state index contributed by atoms with van der Waals surface area (Å²) in [7, 11) is 0. The highest BCUT2D eigenvalue weighted by molar-refractivity contribution is 5.88. The molecular formula is C16H19N5O3. The van der Waals surface area contributed by atoms with Crippen molar-refractivity contribution in [3.63, 3.8) is 0 Å². The van der Waals surface area contributed by atoms with Gasteiger partial charge in [0.2, 0.25) is 11.8 Å². The lowest BCUT2D eigenvalue weighted by Crippen LogP contribution is -2.57. The molecule has 1 aliphatic rings. The standard InChI is InChI=1S/C16H19N5O3/c1-2-13-15(23)17-8-10-20(13)14(22)7-9-21-16(24)11-5-3-4-6-12(11)18-19-21/h3-6,13H,2,7-10H2,1H3,(H,17,23). The van der Waals surface area contributed by atoms with Gasteiger partial charge >= 0.3 is 0 Å². The van der Waals surface area contributed by atoms with Crippen LogP contribution in [0.4, 0.5) is 0 Å². The van der Waals surface area contributed by atoms with E-state index in [0.717, 1.165) is 0 Å². The van der Waals surface area contributed by atoms with Crippen molar-refractivity contribution in [3.05, 3.63) is 34.6 Å². The summed E-state index contributed by atoms with van der Waals surface area (Å²) in [5.74, 6) is -0.279. The van der Waals surface area contributed by atoms with Crippen LogP contribution in [0.15, 0.2) is 29.1 Å². The Kier molecular flexibility index (Phi) is 4.54. The van der Waals surface area contributed by atoms with Crippen molar-refractivity contribution < 1.29 is 9.59 Å². The Hall–Kier alpha value is -2.77. The highest BCUT2D eigenvalue weighted by atomic mass is 16.2. The lowest BCUT2D eigenvalue weighted by Gasteiger charge is -2.34. The molecule has 0 saturated carbocycles. The topological polar surface area (TPSA) is 97.2 Å². The Bertz CT molecular complexity index is 832. The van der Waals surface area contributed by atoms with Crippen LogP contribution in [0.5, 0.6) is 0 Å².